The molecule has 2 heteroatoms. The largest absolute Gasteiger partial charge is 0.382 e. The molecule has 2 nitrogen and oxygen atoms in total. The van der Waals surface area contributed by atoms with E-state index in [9.17, 15) is 0 Å². The van der Waals surface area contributed by atoms with Crippen molar-refractivity contribution in [3.05, 3.63) is 29.8 Å². The van der Waals surface area contributed by atoms with Gasteiger partial charge in [-0.25, -0.2) is 0 Å². The summed E-state index contributed by atoms with van der Waals surface area (Å²) in [7, 11) is 0. The third-order valence-corrected chi connectivity index (χ3v) is 4.99. The van der Waals surface area contributed by atoms with Crippen LogP contribution in [0.1, 0.15) is 57.4 Å². The van der Waals surface area contributed by atoms with E-state index in [1.54, 1.807) is 0 Å². The maximum Gasteiger partial charge on any atom is 0.0702 e. The first-order valence-corrected chi connectivity index (χ1v) is 8.29. The van der Waals surface area contributed by atoms with Crippen LogP contribution in [0.25, 0.3) is 0 Å². The fraction of sp³-hybridized carbons (Fsp3) is 0.667. The fourth-order valence-electron chi connectivity index (χ4n) is 3.77. The van der Waals surface area contributed by atoms with Crippen molar-refractivity contribution < 1.29 is 4.74 Å². The SMILES string of the molecule is CCc1ccc(NC2CCOC3(CCCCC3)C2)cc1. The molecule has 1 heterocycles. The highest BCUT2D eigenvalue weighted by molar-refractivity contribution is 5.45. The summed E-state index contributed by atoms with van der Waals surface area (Å²) in [5.41, 5.74) is 2.86. The van der Waals surface area contributed by atoms with Gasteiger partial charge in [-0.2, -0.15) is 0 Å². The smallest absolute Gasteiger partial charge is 0.0702 e. The number of hydrogen-bond acceptors (Lipinski definition) is 2. The number of benzene rings is 1. The van der Waals surface area contributed by atoms with E-state index in [2.05, 4.69) is 36.5 Å². The summed E-state index contributed by atoms with van der Waals surface area (Å²) in [5, 5.41) is 3.72. The third kappa shape index (κ3) is 3.17. The summed E-state index contributed by atoms with van der Waals surface area (Å²) in [6.07, 6.45) is 10.0. The molecule has 1 aliphatic carbocycles. The fourth-order valence-corrected chi connectivity index (χ4v) is 3.77. The Labute approximate surface area is 122 Å². The Balaban J connectivity index is 1.61. The minimum Gasteiger partial charge on any atom is -0.382 e. The van der Waals surface area contributed by atoms with Gasteiger partial charge in [-0.3, -0.25) is 0 Å². The van der Waals surface area contributed by atoms with Crippen molar-refractivity contribution in [3.63, 3.8) is 0 Å². The second kappa shape index (κ2) is 6.17. The molecule has 1 saturated heterocycles. The van der Waals surface area contributed by atoms with Crippen molar-refractivity contribution in [2.45, 2.75) is 69.9 Å². The van der Waals surface area contributed by atoms with Crippen molar-refractivity contribution in [1.29, 1.82) is 0 Å². The van der Waals surface area contributed by atoms with Gasteiger partial charge in [0.2, 0.25) is 0 Å². The average Bonchev–Trinajstić information content (AvgIpc) is 2.49. The molecule has 2 aliphatic rings. The van der Waals surface area contributed by atoms with Gasteiger partial charge < -0.3 is 10.1 Å². The zero-order valence-corrected chi connectivity index (χ0v) is 12.7. The summed E-state index contributed by atoms with van der Waals surface area (Å²) in [5.74, 6) is 0. The number of ether oxygens (including phenoxy) is 1. The highest BCUT2D eigenvalue weighted by atomic mass is 16.5. The Kier molecular flexibility index (Phi) is 4.30. The normalized spacial score (nSPS) is 25.6. The number of nitrogens with one attached hydrogen (secondary N) is 1. The first-order valence-electron chi connectivity index (χ1n) is 8.29. The predicted octanol–water partition coefficient (Wildman–Crippen LogP) is 4.54. The number of anilines is 1. The molecule has 2 fully saturated rings. The minimum atomic E-state index is 0.192. The van der Waals surface area contributed by atoms with Crippen molar-refractivity contribution in [3.8, 4) is 0 Å². The van der Waals surface area contributed by atoms with E-state index < -0.39 is 0 Å². The maximum atomic E-state index is 6.17. The number of rotatable bonds is 3. The molecule has 1 spiro atoms. The van der Waals surface area contributed by atoms with Gasteiger partial charge >= 0.3 is 0 Å². The van der Waals surface area contributed by atoms with Gasteiger partial charge in [0, 0.05) is 18.3 Å². The van der Waals surface area contributed by atoms with Crippen LogP contribution in [0.2, 0.25) is 0 Å². The van der Waals surface area contributed by atoms with Crippen LogP contribution in [-0.2, 0) is 11.2 Å². The molecule has 0 amide bonds. The summed E-state index contributed by atoms with van der Waals surface area (Å²) < 4.78 is 6.17. The van der Waals surface area contributed by atoms with Crippen LogP contribution in [0.15, 0.2) is 24.3 Å². The van der Waals surface area contributed by atoms with Gasteiger partial charge in [-0.1, -0.05) is 38.3 Å². The van der Waals surface area contributed by atoms with Crippen molar-refractivity contribution in [2.75, 3.05) is 11.9 Å². The van der Waals surface area contributed by atoms with Crippen LogP contribution in [0.3, 0.4) is 0 Å². The Hall–Kier alpha value is -1.02. The van der Waals surface area contributed by atoms with Crippen molar-refractivity contribution in [2.24, 2.45) is 0 Å². The highest BCUT2D eigenvalue weighted by Crippen LogP contribution is 2.39. The van der Waals surface area contributed by atoms with Crippen LogP contribution >= 0.6 is 0 Å². The Bertz CT molecular complexity index is 414. The molecule has 1 aromatic rings. The molecule has 1 aromatic carbocycles. The van der Waals surface area contributed by atoms with Crippen LogP contribution < -0.4 is 5.32 Å². The summed E-state index contributed by atoms with van der Waals surface area (Å²) >= 11 is 0. The molecule has 110 valence electrons. The average molecular weight is 273 g/mol. The minimum absolute atomic E-state index is 0.192. The molecule has 0 radical (unpaired) electrons. The topological polar surface area (TPSA) is 21.3 Å². The Morgan fingerprint density at radius 1 is 1.15 bits per heavy atom. The van der Waals surface area contributed by atoms with Crippen molar-refractivity contribution >= 4 is 5.69 Å². The molecule has 1 saturated carbocycles. The van der Waals surface area contributed by atoms with E-state index in [4.69, 9.17) is 4.74 Å². The predicted molar refractivity (Wildman–Crippen MR) is 84.2 cm³/mol. The third-order valence-electron chi connectivity index (χ3n) is 4.99. The van der Waals surface area contributed by atoms with Gasteiger partial charge in [0.15, 0.2) is 0 Å². The Morgan fingerprint density at radius 2 is 1.90 bits per heavy atom. The molecule has 3 rings (SSSR count). The zero-order chi connectivity index (χ0) is 13.8. The molecule has 1 atom stereocenters. The van der Waals surface area contributed by atoms with Gasteiger partial charge in [0.25, 0.3) is 0 Å². The Morgan fingerprint density at radius 3 is 2.60 bits per heavy atom. The summed E-state index contributed by atoms with van der Waals surface area (Å²) in [4.78, 5) is 0. The summed E-state index contributed by atoms with van der Waals surface area (Å²) in [6, 6.07) is 9.49. The molecule has 1 N–H and O–H groups in total. The van der Waals surface area contributed by atoms with Gasteiger partial charge in [-0.15, -0.1) is 0 Å². The first-order chi connectivity index (χ1) is 9.80. The lowest BCUT2D eigenvalue weighted by atomic mass is 9.78. The molecule has 1 aliphatic heterocycles. The van der Waals surface area contributed by atoms with E-state index in [-0.39, 0.29) is 5.60 Å². The quantitative estimate of drug-likeness (QED) is 0.872. The monoisotopic (exact) mass is 273 g/mol. The second-order valence-electron chi connectivity index (χ2n) is 6.48. The number of aryl methyl sites for hydroxylation is 1. The summed E-state index contributed by atoms with van der Waals surface area (Å²) in [6.45, 7) is 3.12. The zero-order valence-electron chi connectivity index (χ0n) is 12.7. The first kappa shape index (κ1) is 13.9. The number of hydrogen-bond donors (Lipinski definition) is 1. The molecular weight excluding hydrogens is 246 g/mol. The standard InChI is InChI=1S/C18H27NO/c1-2-15-6-8-16(9-7-15)19-17-10-13-20-18(14-17)11-4-3-5-12-18/h6-9,17,19H,2-5,10-14H2,1H3. The van der Waals surface area contributed by atoms with Gasteiger partial charge in [0.05, 0.1) is 5.60 Å². The molecule has 0 bridgehead atoms. The van der Waals surface area contributed by atoms with Crippen LogP contribution in [0.4, 0.5) is 5.69 Å². The van der Waals surface area contributed by atoms with Gasteiger partial charge in [-0.05, 0) is 49.8 Å². The maximum absolute atomic E-state index is 6.17. The van der Waals surface area contributed by atoms with E-state index in [0.717, 1.165) is 19.4 Å². The van der Waals surface area contributed by atoms with E-state index in [0.29, 0.717) is 6.04 Å². The molecule has 0 aromatic heterocycles. The lowest BCUT2D eigenvalue weighted by Gasteiger charge is -2.44. The lowest BCUT2D eigenvalue weighted by molar-refractivity contribution is -0.103. The molecular formula is C18H27NO. The van der Waals surface area contributed by atoms with Crippen LogP contribution in [-0.4, -0.2) is 18.2 Å². The van der Waals surface area contributed by atoms with E-state index >= 15 is 0 Å². The molecule has 20 heavy (non-hydrogen) atoms. The second-order valence-corrected chi connectivity index (χ2v) is 6.48. The van der Waals surface area contributed by atoms with Crippen LogP contribution in [0.5, 0.6) is 0 Å². The van der Waals surface area contributed by atoms with E-state index in [1.165, 1.54) is 49.8 Å². The van der Waals surface area contributed by atoms with Gasteiger partial charge in [0.1, 0.15) is 0 Å². The van der Waals surface area contributed by atoms with E-state index in [1.807, 2.05) is 0 Å². The van der Waals surface area contributed by atoms with Crippen molar-refractivity contribution in [1.82, 2.24) is 0 Å². The molecule has 1 unspecified atom stereocenters. The van der Waals surface area contributed by atoms with Crippen LogP contribution in [0, 0.1) is 0 Å². The highest BCUT2D eigenvalue weighted by Gasteiger charge is 2.38. The lowest BCUT2D eigenvalue weighted by Crippen LogP contribution is -2.45.